The summed E-state index contributed by atoms with van der Waals surface area (Å²) in [5.74, 6) is -0.235. The topological polar surface area (TPSA) is 25.8 Å². The van der Waals surface area contributed by atoms with Crippen molar-refractivity contribution in [1.82, 2.24) is 9.97 Å². The predicted octanol–water partition coefficient (Wildman–Crippen LogP) is 2.85. The molecule has 0 N–H and O–H groups in total. The van der Waals surface area contributed by atoms with Crippen LogP contribution in [0.25, 0.3) is 11.3 Å². The Balaban J connectivity index is 2.49. The number of aromatic nitrogens is 2. The Hall–Kier alpha value is -1.77. The maximum atomic E-state index is 12.7. The Labute approximate surface area is 87.8 Å². The summed E-state index contributed by atoms with van der Waals surface area (Å²) in [6, 6.07) is 6.31. The molecule has 0 spiro atoms. The molecule has 0 unspecified atom stereocenters. The third-order valence-electron chi connectivity index (χ3n) is 2.23. The van der Waals surface area contributed by atoms with E-state index in [1.54, 1.807) is 24.5 Å². The minimum absolute atomic E-state index is 0.235. The Morgan fingerprint density at radius 3 is 2.40 bits per heavy atom. The van der Waals surface area contributed by atoms with Crippen LogP contribution in [0, 0.1) is 5.82 Å². The van der Waals surface area contributed by atoms with Crippen LogP contribution >= 0.6 is 0 Å². The predicted molar refractivity (Wildman–Crippen MR) is 56.8 cm³/mol. The molecule has 1 heterocycles. The van der Waals surface area contributed by atoms with Gasteiger partial charge in [0, 0.05) is 18.0 Å². The van der Waals surface area contributed by atoms with Gasteiger partial charge in [-0.15, -0.1) is 0 Å². The average molecular weight is 202 g/mol. The first-order valence-electron chi connectivity index (χ1n) is 4.87. The summed E-state index contributed by atoms with van der Waals surface area (Å²) in [7, 11) is 0. The van der Waals surface area contributed by atoms with E-state index in [0.717, 1.165) is 23.4 Å². The minimum Gasteiger partial charge on any atom is -0.257 e. The highest BCUT2D eigenvalue weighted by molar-refractivity contribution is 5.61. The van der Waals surface area contributed by atoms with E-state index in [-0.39, 0.29) is 5.82 Å². The largest absolute Gasteiger partial charge is 0.257 e. The van der Waals surface area contributed by atoms with Crippen molar-refractivity contribution in [1.29, 1.82) is 0 Å². The van der Waals surface area contributed by atoms with Crippen molar-refractivity contribution in [3.05, 3.63) is 48.2 Å². The van der Waals surface area contributed by atoms with Gasteiger partial charge in [0.05, 0.1) is 11.4 Å². The van der Waals surface area contributed by atoms with E-state index in [1.807, 2.05) is 6.92 Å². The molecule has 2 nitrogen and oxygen atoms in total. The SMILES string of the molecule is CCc1nccnc1-c1ccc(F)cc1. The lowest BCUT2D eigenvalue weighted by molar-refractivity contribution is 0.628. The smallest absolute Gasteiger partial charge is 0.123 e. The van der Waals surface area contributed by atoms with Gasteiger partial charge < -0.3 is 0 Å². The molecule has 3 heteroatoms. The zero-order valence-electron chi connectivity index (χ0n) is 8.44. The first-order valence-corrected chi connectivity index (χ1v) is 4.87. The molecule has 0 radical (unpaired) electrons. The van der Waals surface area contributed by atoms with E-state index in [4.69, 9.17) is 0 Å². The molecule has 0 bridgehead atoms. The number of aryl methyl sites for hydroxylation is 1. The third kappa shape index (κ3) is 2.01. The van der Waals surface area contributed by atoms with Crippen LogP contribution in [0.2, 0.25) is 0 Å². The Morgan fingerprint density at radius 2 is 1.73 bits per heavy atom. The van der Waals surface area contributed by atoms with E-state index in [9.17, 15) is 4.39 Å². The molecule has 0 aliphatic heterocycles. The second-order valence-electron chi connectivity index (χ2n) is 3.21. The maximum Gasteiger partial charge on any atom is 0.123 e. The van der Waals surface area contributed by atoms with E-state index >= 15 is 0 Å². The lowest BCUT2D eigenvalue weighted by atomic mass is 10.1. The zero-order chi connectivity index (χ0) is 10.7. The average Bonchev–Trinajstić information content (AvgIpc) is 2.30. The Bertz CT molecular complexity index is 451. The number of benzene rings is 1. The number of halogens is 1. The van der Waals surface area contributed by atoms with Gasteiger partial charge in [-0.3, -0.25) is 9.97 Å². The third-order valence-corrected chi connectivity index (χ3v) is 2.23. The molecule has 0 atom stereocenters. The van der Waals surface area contributed by atoms with Gasteiger partial charge in [-0.2, -0.15) is 0 Å². The monoisotopic (exact) mass is 202 g/mol. The molecule has 2 aromatic rings. The lowest BCUT2D eigenvalue weighted by Gasteiger charge is -2.04. The van der Waals surface area contributed by atoms with Gasteiger partial charge in [0.2, 0.25) is 0 Å². The Morgan fingerprint density at radius 1 is 1.07 bits per heavy atom. The van der Waals surface area contributed by atoms with Crippen LogP contribution in [-0.2, 0) is 6.42 Å². The Kier molecular flexibility index (Phi) is 2.72. The summed E-state index contributed by atoms with van der Waals surface area (Å²) >= 11 is 0. The summed E-state index contributed by atoms with van der Waals surface area (Å²) in [5, 5.41) is 0. The van der Waals surface area contributed by atoms with Crippen LogP contribution in [0.4, 0.5) is 4.39 Å². The fourth-order valence-corrected chi connectivity index (χ4v) is 1.47. The van der Waals surface area contributed by atoms with Gasteiger partial charge in [0.1, 0.15) is 5.82 Å². The normalized spacial score (nSPS) is 10.3. The maximum absolute atomic E-state index is 12.7. The molecule has 0 saturated heterocycles. The minimum atomic E-state index is -0.235. The second kappa shape index (κ2) is 4.17. The highest BCUT2D eigenvalue weighted by Crippen LogP contribution is 2.19. The van der Waals surface area contributed by atoms with Crippen molar-refractivity contribution in [2.45, 2.75) is 13.3 Å². The molecule has 0 fully saturated rings. The van der Waals surface area contributed by atoms with Crippen molar-refractivity contribution in [3.63, 3.8) is 0 Å². The molecule has 0 amide bonds. The molecule has 1 aromatic heterocycles. The summed E-state index contributed by atoms with van der Waals surface area (Å²) in [5.41, 5.74) is 2.67. The summed E-state index contributed by atoms with van der Waals surface area (Å²) in [6.45, 7) is 2.02. The standard InChI is InChI=1S/C12H11FN2/c1-2-11-12(15-8-7-14-11)9-3-5-10(13)6-4-9/h3-8H,2H2,1H3. The van der Waals surface area contributed by atoms with E-state index in [0.29, 0.717) is 0 Å². The molecule has 1 aromatic carbocycles. The quantitative estimate of drug-likeness (QED) is 0.748. The molecule has 0 aliphatic carbocycles. The first kappa shape index (κ1) is 9.77. The van der Waals surface area contributed by atoms with Crippen LogP contribution in [0.1, 0.15) is 12.6 Å². The van der Waals surface area contributed by atoms with Crippen molar-refractivity contribution < 1.29 is 4.39 Å². The molecular weight excluding hydrogens is 191 g/mol. The van der Waals surface area contributed by atoms with Gasteiger partial charge >= 0.3 is 0 Å². The van der Waals surface area contributed by atoms with Gasteiger partial charge in [0.25, 0.3) is 0 Å². The van der Waals surface area contributed by atoms with Gasteiger partial charge in [-0.25, -0.2) is 4.39 Å². The first-order chi connectivity index (χ1) is 7.31. The highest BCUT2D eigenvalue weighted by Gasteiger charge is 2.05. The van der Waals surface area contributed by atoms with E-state index in [2.05, 4.69) is 9.97 Å². The number of nitrogens with zero attached hydrogens (tertiary/aromatic N) is 2. The van der Waals surface area contributed by atoms with Crippen LogP contribution in [-0.4, -0.2) is 9.97 Å². The van der Waals surface area contributed by atoms with Crippen LogP contribution < -0.4 is 0 Å². The number of rotatable bonds is 2. The molecule has 0 aliphatic rings. The number of hydrogen-bond acceptors (Lipinski definition) is 2. The molecule has 2 rings (SSSR count). The lowest BCUT2D eigenvalue weighted by Crippen LogP contribution is -1.94. The molecule has 15 heavy (non-hydrogen) atoms. The molecule has 76 valence electrons. The van der Waals surface area contributed by atoms with Crippen LogP contribution in [0.3, 0.4) is 0 Å². The zero-order valence-corrected chi connectivity index (χ0v) is 8.44. The highest BCUT2D eigenvalue weighted by atomic mass is 19.1. The second-order valence-corrected chi connectivity index (χ2v) is 3.21. The van der Waals surface area contributed by atoms with Gasteiger partial charge in [-0.05, 0) is 30.7 Å². The summed E-state index contributed by atoms with van der Waals surface area (Å²) in [4.78, 5) is 8.50. The summed E-state index contributed by atoms with van der Waals surface area (Å²) < 4.78 is 12.7. The van der Waals surface area contributed by atoms with Crippen LogP contribution in [0.5, 0.6) is 0 Å². The number of hydrogen-bond donors (Lipinski definition) is 0. The fraction of sp³-hybridized carbons (Fsp3) is 0.167. The van der Waals surface area contributed by atoms with Crippen molar-refractivity contribution in [2.24, 2.45) is 0 Å². The van der Waals surface area contributed by atoms with Crippen molar-refractivity contribution in [3.8, 4) is 11.3 Å². The van der Waals surface area contributed by atoms with Crippen LogP contribution in [0.15, 0.2) is 36.7 Å². The molecular formula is C12H11FN2. The van der Waals surface area contributed by atoms with E-state index in [1.165, 1.54) is 12.1 Å². The van der Waals surface area contributed by atoms with Crippen molar-refractivity contribution >= 4 is 0 Å². The fourth-order valence-electron chi connectivity index (χ4n) is 1.47. The molecule has 0 saturated carbocycles. The van der Waals surface area contributed by atoms with Gasteiger partial charge in [0.15, 0.2) is 0 Å². The summed E-state index contributed by atoms with van der Waals surface area (Å²) in [6.07, 6.45) is 4.14. The van der Waals surface area contributed by atoms with Gasteiger partial charge in [-0.1, -0.05) is 6.92 Å². The van der Waals surface area contributed by atoms with E-state index < -0.39 is 0 Å². The van der Waals surface area contributed by atoms with Crippen molar-refractivity contribution in [2.75, 3.05) is 0 Å².